The molecule has 0 radical (unpaired) electrons. The quantitative estimate of drug-likeness (QED) is 0.788. The first-order valence-electron chi connectivity index (χ1n) is 4.83. The molecule has 0 bridgehead atoms. The minimum absolute atomic E-state index is 0.0446. The molecule has 4 heteroatoms. The Hall–Kier alpha value is -0.520. The molecule has 0 heterocycles. The van der Waals surface area contributed by atoms with E-state index in [9.17, 15) is 4.39 Å². The lowest BCUT2D eigenvalue weighted by Gasteiger charge is -2.16. The van der Waals surface area contributed by atoms with Gasteiger partial charge in [0.05, 0.1) is 16.3 Å². The van der Waals surface area contributed by atoms with Crippen molar-refractivity contribution in [2.24, 2.45) is 0 Å². The molecule has 1 rings (SSSR count). The first-order chi connectivity index (χ1) is 7.04. The molecule has 0 aliphatic rings. The molecule has 15 heavy (non-hydrogen) atoms. The zero-order valence-electron chi connectivity index (χ0n) is 9.01. The van der Waals surface area contributed by atoms with E-state index < -0.39 is 0 Å². The highest BCUT2D eigenvalue weighted by Crippen LogP contribution is 2.34. The first-order valence-corrected chi connectivity index (χ1v) is 5.91. The van der Waals surface area contributed by atoms with Crippen LogP contribution >= 0.6 is 22.6 Å². The zero-order valence-corrected chi connectivity index (χ0v) is 11.2. The fourth-order valence-electron chi connectivity index (χ4n) is 1.15. The van der Waals surface area contributed by atoms with E-state index in [1.54, 1.807) is 0 Å². The summed E-state index contributed by atoms with van der Waals surface area (Å²) in [5.41, 5.74) is 0. The lowest BCUT2D eigenvalue weighted by atomic mass is 10.3. The van der Waals surface area contributed by atoms with E-state index in [1.165, 1.54) is 12.1 Å². The fraction of sp³-hybridized carbons (Fsp3) is 0.455. The number of hydrogen-bond acceptors (Lipinski definition) is 2. The minimum Gasteiger partial charge on any atom is -0.490 e. The van der Waals surface area contributed by atoms with Gasteiger partial charge in [-0.1, -0.05) is 0 Å². The van der Waals surface area contributed by atoms with Crippen molar-refractivity contribution in [3.63, 3.8) is 0 Å². The Morgan fingerprint density at radius 1 is 1.40 bits per heavy atom. The molecule has 0 saturated carbocycles. The van der Waals surface area contributed by atoms with Crippen LogP contribution in [0.25, 0.3) is 0 Å². The van der Waals surface area contributed by atoms with Crippen LogP contribution in [0.3, 0.4) is 0 Å². The number of hydrogen-bond donors (Lipinski definition) is 0. The molecule has 0 spiro atoms. The van der Waals surface area contributed by atoms with E-state index in [0.717, 1.165) is 3.57 Å². The normalized spacial score (nSPS) is 10.5. The third kappa shape index (κ3) is 3.52. The smallest absolute Gasteiger partial charge is 0.175 e. The van der Waals surface area contributed by atoms with E-state index in [1.807, 2.05) is 43.4 Å². The van der Waals surface area contributed by atoms with Gasteiger partial charge in [-0.25, -0.2) is 4.39 Å². The second-order valence-electron chi connectivity index (χ2n) is 3.31. The van der Waals surface area contributed by atoms with Gasteiger partial charge in [0, 0.05) is 6.07 Å². The minimum atomic E-state index is -0.307. The Balaban J connectivity index is 3.08. The van der Waals surface area contributed by atoms with Crippen molar-refractivity contribution < 1.29 is 13.9 Å². The third-order valence-corrected chi connectivity index (χ3v) is 2.43. The Morgan fingerprint density at radius 2 is 2.07 bits per heavy atom. The molecule has 0 N–H and O–H groups in total. The van der Waals surface area contributed by atoms with Gasteiger partial charge in [0.25, 0.3) is 0 Å². The predicted octanol–water partition coefficient (Wildman–Crippen LogP) is 3.62. The van der Waals surface area contributed by atoms with Gasteiger partial charge < -0.3 is 9.47 Å². The van der Waals surface area contributed by atoms with Gasteiger partial charge in [0.15, 0.2) is 11.5 Å². The molecule has 1 aromatic carbocycles. The van der Waals surface area contributed by atoms with Crippen molar-refractivity contribution in [2.75, 3.05) is 6.61 Å². The van der Waals surface area contributed by atoms with E-state index in [0.29, 0.717) is 18.1 Å². The SMILES string of the molecule is CCOc1cc(F)cc(I)c1OC(C)C. The first kappa shape index (κ1) is 12.5. The molecule has 84 valence electrons. The van der Waals surface area contributed by atoms with E-state index in [4.69, 9.17) is 9.47 Å². The lowest BCUT2D eigenvalue weighted by Crippen LogP contribution is -2.09. The average molecular weight is 324 g/mol. The number of ether oxygens (including phenoxy) is 2. The van der Waals surface area contributed by atoms with Gasteiger partial charge in [-0.3, -0.25) is 0 Å². The molecule has 0 aliphatic carbocycles. The molecule has 0 amide bonds. The van der Waals surface area contributed by atoms with Crippen LogP contribution in [0.15, 0.2) is 12.1 Å². The van der Waals surface area contributed by atoms with Crippen LogP contribution in [0.4, 0.5) is 4.39 Å². The van der Waals surface area contributed by atoms with Crippen LogP contribution in [-0.4, -0.2) is 12.7 Å². The number of benzene rings is 1. The van der Waals surface area contributed by atoms with Crippen molar-refractivity contribution in [3.8, 4) is 11.5 Å². The maximum Gasteiger partial charge on any atom is 0.175 e. The summed E-state index contributed by atoms with van der Waals surface area (Å²) in [7, 11) is 0. The maximum atomic E-state index is 13.1. The summed E-state index contributed by atoms with van der Waals surface area (Å²) in [5.74, 6) is 0.781. The third-order valence-electron chi connectivity index (χ3n) is 1.63. The molecule has 0 aromatic heterocycles. The zero-order chi connectivity index (χ0) is 11.4. The van der Waals surface area contributed by atoms with E-state index in [2.05, 4.69) is 0 Å². The summed E-state index contributed by atoms with van der Waals surface area (Å²) in [6, 6.07) is 2.78. The topological polar surface area (TPSA) is 18.5 Å². The molecule has 0 saturated heterocycles. The second-order valence-corrected chi connectivity index (χ2v) is 4.48. The van der Waals surface area contributed by atoms with Crippen LogP contribution in [-0.2, 0) is 0 Å². The van der Waals surface area contributed by atoms with Crippen LogP contribution in [0.5, 0.6) is 11.5 Å². The van der Waals surface area contributed by atoms with Crippen LogP contribution in [0.2, 0.25) is 0 Å². The van der Waals surface area contributed by atoms with Gasteiger partial charge >= 0.3 is 0 Å². The maximum absolute atomic E-state index is 13.1. The molecule has 1 aromatic rings. The highest BCUT2D eigenvalue weighted by molar-refractivity contribution is 14.1. The van der Waals surface area contributed by atoms with Crippen molar-refractivity contribution in [1.82, 2.24) is 0 Å². The summed E-state index contributed by atoms with van der Waals surface area (Å²) in [6.45, 7) is 6.20. The molecule has 0 fully saturated rings. The van der Waals surface area contributed by atoms with E-state index >= 15 is 0 Å². The molecule has 0 unspecified atom stereocenters. The van der Waals surface area contributed by atoms with Gasteiger partial charge in [0.2, 0.25) is 0 Å². The number of rotatable bonds is 4. The van der Waals surface area contributed by atoms with Gasteiger partial charge in [-0.15, -0.1) is 0 Å². The fourth-order valence-corrected chi connectivity index (χ4v) is 1.84. The van der Waals surface area contributed by atoms with Gasteiger partial charge in [-0.05, 0) is 49.4 Å². The molecular weight excluding hydrogens is 310 g/mol. The van der Waals surface area contributed by atoms with Crippen molar-refractivity contribution in [1.29, 1.82) is 0 Å². The highest BCUT2D eigenvalue weighted by atomic mass is 127. The summed E-state index contributed by atoms with van der Waals surface area (Å²) >= 11 is 2.04. The van der Waals surface area contributed by atoms with Crippen molar-refractivity contribution in [2.45, 2.75) is 26.9 Å². The summed E-state index contributed by atoms with van der Waals surface area (Å²) in [6.07, 6.45) is 0.0446. The lowest BCUT2D eigenvalue weighted by molar-refractivity contribution is 0.221. The van der Waals surface area contributed by atoms with Crippen molar-refractivity contribution >= 4 is 22.6 Å². The van der Waals surface area contributed by atoms with Crippen LogP contribution in [0, 0.1) is 9.39 Å². The Bertz CT molecular complexity index is 340. The van der Waals surface area contributed by atoms with Gasteiger partial charge in [-0.2, -0.15) is 0 Å². The molecule has 0 aliphatic heterocycles. The average Bonchev–Trinajstić information content (AvgIpc) is 2.11. The van der Waals surface area contributed by atoms with Crippen LogP contribution < -0.4 is 9.47 Å². The molecular formula is C11H14FIO2. The second kappa shape index (κ2) is 5.53. The summed E-state index contributed by atoms with van der Waals surface area (Å²) < 4.78 is 24.8. The number of halogens is 2. The standard InChI is InChI=1S/C11H14FIO2/c1-4-14-10-6-8(12)5-9(13)11(10)15-7(2)3/h5-7H,4H2,1-3H3. The summed E-state index contributed by atoms with van der Waals surface area (Å²) in [4.78, 5) is 0. The Morgan fingerprint density at radius 3 is 2.60 bits per heavy atom. The Kier molecular flexibility index (Phi) is 4.63. The molecule has 0 atom stereocenters. The van der Waals surface area contributed by atoms with Gasteiger partial charge in [0.1, 0.15) is 5.82 Å². The Labute approximate surface area is 103 Å². The monoisotopic (exact) mass is 324 g/mol. The highest BCUT2D eigenvalue weighted by Gasteiger charge is 2.13. The summed E-state index contributed by atoms with van der Waals surface area (Å²) in [5, 5.41) is 0. The van der Waals surface area contributed by atoms with E-state index in [-0.39, 0.29) is 11.9 Å². The molecule has 2 nitrogen and oxygen atoms in total. The van der Waals surface area contributed by atoms with Crippen molar-refractivity contribution in [3.05, 3.63) is 21.5 Å². The predicted molar refractivity (Wildman–Crippen MR) is 66.1 cm³/mol. The largest absolute Gasteiger partial charge is 0.490 e. The van der Waals surface area contributed by atoms with Crippen LogP contribution in [0.1, 0.15) is 20.8 Å².